The summed E-state index contributed by atoms with van der Waals surface area (Å²) in [5.41, 5.74) is 0.880. The predicted molar refractivity (Wildman–Crippen MR) is 101 cm³/mol. The largest absolute Gasteiger partial charge is 0.493 e. The van der Waals surface area contributed by atoms with Crippen molar-refractivity contribution in [1.29, 1.82) is 0 Å². The molecule has 136 valence electrons. The monoisotopic (exact) mass is 345 g/mol. The van der Waals surface area contributed by atoms with Crippen LogP contribution in [0.25, 0.3) is 0 Å². The maximum Gasteiger partial charge on any atom is 0.195 e. The molecule has 2 rings (SSSR count). The Morgan fingerprint density at radius 2 is 1.96 bits per heavy atom. The van der Waals surface area contributed by atoms with Gasteiger partial charge in [0.25, 0.3) is 0 Å². The van der Waals surface area contributed by atoms with Crippen molar-refractivity contribution in [3.8, 4) is 11.5 Å². The maximum atomic E-state index is 5.36. The highest BCUT2D eigenvalue weighted by molar-refractivity contribution is 5.94. The van der Waals surface area contributed by atoms with Gasteiger partial charge in [-0.15, -0.1) is 0 Å². The Labute approximate surface area is 149 Å². The molecule has 0 aliphatic heterocycles. The number of methoxy groups -OCH3 is 2. The number of nitrogens with zero attached hydrogens (tertiary/aromatic N) is 1. The molecule has 0 atom stereocenters. The van der Waals surface area contributed by atoms with E-state index in [0.29, 0.717) is 17.4 Å². The summed E-state index contributed by atoms with van der Waals surface area (Å²) in [5.74, 6) is 3.52. The van der Waals surface area contributed by atoms with Crippen LogP contribution in [0.15, 0.2) is 46.0 Å². The Balaban J connectivity index is 2.03. The molecule has 6 heteroatoms. The van der Waals surface area contributed by atoms with Crippen LogP contribution in [0.2, 0.25) is 0 Å². The van der Waals surface area contributed by atoms with Crippen LogP contribution < -0.4 is 20.1 Å². The quantitative estimate of drug-likeness (QED) is 0.566. The second-order valence-electron chi connectivity index (χ2n) is 6.03. The zero-order valence-corrected chi connectivity index (χ0v) is 15.3. The molecule has 0 fully saturated rings. The molecule has 0 saturated heterocycles. The number of furan rings is 1. The zero-order valence-electron chi connectivity index (χ0n) is 15.3. The minimum atomic E-state index is 0.481. The fraction of sp³-hybridized carbons (Fsp3) is 0.421. The summed E-state index contributed by atoms with van der Waals surface area (Å²) in [6.07, 6.45) is 2.48. The number of rotatable bonds is 8. The molecule has 0 saturated carbocycles. The summed E-state index contributed by atoms with van der Waals surface area (Å²) in [7, 11) is 3.24. The lowest BCUT2D eigenvalue weighted by atomic mass is 10.2. The molecule has 2 aromatic rings. The van der Waals surface area contributed by atoms with Gasteiger partial charge in [0.15, 0.2) is 17.5 Å². The first-order valence-corrected chi connectivity index (χ1v) is 8.42. The Kier molecular flexibility index (Phi) is 7.19. The molecule has 2 N–H and O–H groups in total. The Hall–Kier alpha value is -2.63. The van der Waals surface area contributed by atoms with E-state index >= 15 is 0 Å². The van der Waals surface area contributed by atoms with Gasteiger partial charge in [-0.1, -0.05) is 13.8 Å². The number of hydrogen-bond acceptors (Lipinski definition) is 4. The van der Waals surface area contributed by atoms with Crippen molar-refractivity contribution in [3.05, 3.63) is 42.4 Å². The fourth-order valence-electron chi connectivity index (χ4n) is 2.22. The Bertz CT molecular complexity index is 667. The highest BCUT2D eigenvalue weighted by Gasteiger charge is 2.07. The van der Waals surface area contributed by atoms with Crippen molar-refractivity contribution in [1.82, 2.24) is 5.32 Å². The van der Waals surface area contributed by atoms with Gasteiger partial charge in [0, 0.05) is 31.3 Å². The number of hydrogen-bond donors (Lipinski definition) is 2. The first-order chi connectivity index (χ1) is 12.1. The van der Waals surface area contributed by atoms with Gasteiger partial charge in [0.2, 0.25) is 0 Å². The van der Waals surface area contributed by atoms with E-state index in [4.69, 9.17) is 13.9 Å². The molecule has 25 heavy (non-hydrogen) atoms. The summed E-state index contributed by atoms with van der Waals surface area (Å²) in [5, 5.41) is 6.65. The van der Waals surface area contributed by atoms with Crippen molar-refractivity contribution in [2.24, 2.45) is 10.9 Å². The van der Waals surface area contributed by atoms with Crippen LogP contribution in [-0.4, -0.2) is 33.3 Å². The van der Waals surface area contributed by atoms with E-state index in [1.54, 1.807) is 20.5 Å². The highest BCUT2D eigenvalue weighted by atomic mass is 16.5. The second kappa shape index (κ2) is 9.61. The molecule has 0 aliphatic carbocycles. The molecule has 6 nitrogen and oxygen atoms in total. The third-order valence-electron chi connectivity index (χ3n) is 3.50. The molecule has 0 radical (unpaired) electrons. The van der Waals surface area contributed by atoms with Gasteiger partial charge in [-0.05, 0) is 30.2 Å². The SMILES string of the molecule is COc1ccc(NC(=NCC(C)C)NCCc2ccco2)cc1OC. The van der Waals surface area contributed by atoms with E-state index < -0.39 is 0 Å². The van der Waals surface area contributed by atoms with Crippen molar-refractivity contribution in [3.63, 3.8) is 0 Å². The van der Waals surface area contributed by atoms with E-state index in [1.165, 1.54) is 0 Å². The molecule has 0 bridgehead atoms. The van der Waals surface area contributed by atoms with Gasteiger partial charge in [-0.3, -0.25) is 4.99 Å². The molecular weight excluding hydrogens is 318 g/mol. The summed E-state index contributed by atoms with van der Waals surface area (Å²) < 4.78 is 16.0. The average Bonchev–Trinajstić information content (AvgIpc) is 3.12. The molecule has 1 aromatic carbocycles. The topological polar surface area (TPSA) is 68.0 Å². The first kappa shape index (κ1) is 18.7. The lowest BCUT2D eigenvalue weighted by molar-refractivity contribution is 0.355. The van der Waals surface area contributed by atoms with E-state index in [2.05, 4.69) is 29.5 Å². The first-order valence-electron chi connectivity index (χ1n) is 8.42. The summed E-state index contributed by atoms with van der Waals surface area (Å²) in [6, 6.07) is 9.54. The summed E-state index contributed by atoms with van der Waals surface area (Å²) in [4.78, 5) is 4.63. The molecular formula is C19H27N3O3. The smallest absolute Gasteiger partial charge is 0.195 e. The van der Waals surface area contributed by atoms with E-state index in [-0.39, 0.29) is 0 Å². The van der Waals surface area contributed by atoms with Crippen molar-refractivity contribution < 1.29 is 13.9 Å². The third kappa shape index (κ3) is 6.06. The van der Waals surface area contributed by atoms with Crippen molar-refractivity contribution in [2.45, 2.75) is 20.3 Å². The maximum absolute atomic E-state index is 5.36. The molecule has 0 unspecified atom stereocenters. The Morgan fingerprint density at radius 1 is 1.16 bits per heavy atom. The number of guanidine groups is 1. The molecule has 0 amide bonds. The van der Waals surface area contributed by atoms with Crippen LogP contribution in [-0.2, 0) is 6.42 Å². The predicted octanol–water partition coefficient (Wildman–Crippen LogP) is 3.55. The van der Waals surface area contributed by atoms with Crippen LogP contribution in [0.3, 0.4) is 0 Å². The van der Waals surface area contributed by atoms with Crippen LogP contribution in [0.4, 0.5) is 5.69 Å². The number of benzene rings is 1. The van der Waals surface area contributed by atoms with Crippen LogP contribution in [0.5, 0.6) is 11.5 Å². The van der Waals surface area contributed by atoms with Crippen LogP contribution in [0, 0.1) is 5.92 Å². The van der Waals surface area contributed by atoms with Gasteiger partial charge in [0.05, 0.1) is 20.5 Å². The fourth-order valence-corrected chi connectivity index (χ4v) is 2.22. The van der Waals surface area contributed by atoms with Crippen molar-refractivity contribution >= 4 is 11.6 Å². The molecule has 0 aliphatic rings. The number of ether oxygens (including phenoxy) is 2. The van der Waals surface area contributed by atoms with Gasteiger partial charge in [-0.25, -0.2) is 0 Å². The molecule has 1 aromatic heterocycles. The van der Waals surface area contributed by atoms with Gasteiger partial charge < -0.3 is 24.5 Å². The average molecular weight is 345 g/mol. The standard InChI is InChI=1S/C19H27N3O3/c1-14(2)13-21-19(20-10-9-16-6-5-11-25-16)22-15-7-8-17(23-3)18(12-15)24-4/h5-8,11-12,14H,9-10,13H2,1-4H3,(H2,20,21,22). The number of aliphatic imine (C=N–C) groups is 1. The van der Waals surface area contributed by atoms with E-state index in [9.17, 15) is 0 Å². The van der Waals surface area contributed by atoms with E-state index in [0.717, 1.165) is 36.9 Å². The summed E-state index contributed by atoms with van der Waals surface area (Å²) >= 11 is 0. The van der Waals surface area contributed by atoms with Crippen molar-refractivity contribution in [2.75, 3.05) is 32.6 Å². The van der Waals surface area contributed by atoms with Crippen LogP contribution >= 0.6 is 0 Å². The van der Waals surface area contributed by atoms with Gasteiger partial charge in [0.1, 0.15) is 5.76 Å². The second-order valence-corrected chi connectivity index (χ2v) is 6.03. The normalized spacial score (nSPS) is 11.5. The molecule has 0 spiro atoms. The molecule has 1 heterocycles. The van der Waals surface area contributed by atoms with Gasteiger partial charge in [-0.2, -0.15) is 0 Å². The lowest BCUT2D eigenvalue weighted by Gasteiger charge is -2.15. The minimum Gasteiger partial charge on any atom is -0.493 e. The summed E-state index contributed by atoms with van der Waals surface area (Å²) in [6.45, 7) is 5.74. The number of nitrogens with one attached hydrogen (secondary N) is 2. The highest BCUT2D eigenvalue weighted by Crippen LogP contribution is 2.29. The lowest BCUT2D eigenvalue weighted by Crippen LogP contribution is -2.33. The van der Waals surface area contributed by atoms with Crippen LogP contribution in [0.1, 0.15) is 19.6 Å². The van der Waals surface area contributed by atoms with E-state index in [1.807, 2.05) is 30.3 Å². The minimum absolute atomic E-state index is 0.481. The van der Waals surface area contributed by atoms with Gasteiger partial charge >= 0.3 is 0 Å². The zero-order chi connectivity index (χ0) is 18.1. The number of anilines is 1. The third-order valence-corrected chi connectivity index (χ3v) is 3.50. The Morgan fingerprint density at radius 3 is 2.60 bits per heavy atom.